The molecule has 35 heavy (non-hydrogen) atoms. The van der Waals surface area contributed by atoms with Gasteiger partial charge in [-0.3, -0.25) is 14.4 Å². The van der Waals surface area contributed by atoms with Gasteiger partial charge in [-0.1, -0.05) is 11.3 Å². The minimum atomic E-state index is -3.85. The molecular formula is C22H27F4N5O3S. The molecular weight excluding hydrogens is 490 g/mol. The van der Waals surface area contributed by atoms with Crippen LogP contribution in [-0.4, -0.2) is 76.0 Å². The summed E-state index contributed by atoms with van der Waals surface area (Å²) < 4.78 is 84.4. The maximum absolute atomic E-state index is 14.1. The number of alkyl halides is 2. The van der Waals surface area contributed by atoms with Crippen LogP contribution in [0, 0.1) is 11.6 Å². The Morgan fingerprint density at radius 2 is 1.63 bits per heavy atom. The fourth-order valence-electron chi connectivity index (χ4n) is 5.02. The number of halogens is 4. The molecule has 0 N–H and O–H groups in total. The molecule has 2 fully saturated rings. The van der Waals surface area contributed by atoms with E-state index in [0.29, 0.717) is 0 Å². The van der Waals surface area contributed by atoms with Gasteiger partial charge in [0.2, 0.25) is 10.9 Å². The average Bonchev–Trinajstić information content (AvgIpc) is 3.26. The van der Waals surface area contributed by atoms with Crippen LogP contribution in [0.15, 0.2) is 29.4 Å². The third-order valence-corrected chi connectivity index (χ3v) is 8.83. The summed E-state index contributed by atoms with van der Waals surface area (Å²) in [5.41, 5.74) is -1.41. The third kappa shape index (κ3) is 5.26. The molecule has 8 nitrogen and oxygen atoms in total. The normalized spacial score (nSPS) is 21.2. The number of Topliss-reactive ketones (excluding diaryl/α,β-unsaturated/α-hetero) is 1. The van der Waals surface area contributed by atoms with Crippen LogP contribution in [0.4, 0.5) is 17.6 Å². The van der Waals surface area contributed by atoms with E-state index in [1.165, 1.54) is 21.3 Å². The van der Waals surface area contributed by atoms with Crippen molar-refractivity contribution in [1.82, 2.24) is 24.2 Å². The molecule has 13 heteroatoms. The van der Waals surface area contributed by atoms with Gasteiger partial charge in [-0.15, -0.1) is 5.10 Å². The second-order valence-electron chi connectivity index (χ2n) is 9.22. The molecule has 2 aliphatic rings. The van der Waals surface area contributed by atoms with Gasteiger partial charge in [0.25, 0.3) is 10.0 Å². The predicted molar refractivity (Wildman–Crippen MR) is 117 cm³/mol. The lowest BCUT2D eigenvalue weighted by Gasteiger charge is -2.50. The average molecular weight is 518 g/mol. The standard InChI is InChI=1S/C22H27F4N5O3S/c1-29-15-19(27-28-29)35(33,34)31-13-11-30(12-14-31)21(7-9-22(25,26)10-8-21)6-5-18(32)20-16(23)3-2-4-17(20)24/h2-4,15H,5-14H2,1H3. The Morgan fingerprint density at radius 1 is 1.03 bits per heavy atom. The van der Waals surface area contributed by atoms with Crippen molar-refractivity contribution in [3.05, 3.63) is 41.6 Å². The van der Waals surface area contributed by atoms with E-state index < -0.39 is 44.5 Å². The Hall–Kier alpha value is -2.38. The van der Waals surface area contributed by atoms with Crippen LogP contribution in [0.5, 0.6) is 0 Å². The molecule has 1 aromatic carbocycles. The molecule has 1 saturated heterocycles. The van der Waals surface area contributed by atoms with Gasteiger partial charge in [-0.2, -0.15) is 4.31 Å². The number of carbonyl (C=O) groups excluding carboxylic acids is 1. The van der Waals surface area contributed by atoms with Gasteiger partial charge >= 0.3 is 0 Å². The maximum atomic E-state index is 14.1. The zero-order chi connectivity index (χ0) is 25.4. The molecule has 0 spiro atoms. The maximum Gasteiger partial charge on any atom is 0.264 e. The van der Waals surface area contributed by atoms with Gasteiger partial charge in [0.1, 0.15) is 11.6 Å². The first-order valence-corrected chi connectivity index (χ1v) is 12.8. The number of carbonyl (C=O) groups is 1. The fourth-order valence-corrected chi connectivity index (χ4v) is 6.35. The van der Waals surface area contributed by atoms with Gasteiger partial charge in [-0.05, 0) is 31.4 Å². The Kier molecular flexibility index (Phi) is 7.04. The SMILES string of the molecule is Cn1cc(S(=O)(=O)N2CCN(C3(CCC(=O)c4c(F)cccc4F)CCC(F)(F)CC3)CC2)nn1. The van der Waals surface area contributed by atoms with E-state index in [9.17, 15) is 30.8 Å². The van der Waals surface area contributed by atoms with Crippen molar-refractivity contribution < 1.29 is 30.8 Å². The summed E-state index contributed by atoms with van der Waals surface area (Å²) in [7, 11) is -2.29. The Labute approximate surface area is 200 Å². The van der Waals surface area contributed by atoms with Crippen molar-refractivity contribution >= 4 is 15.8 Å². The van der Waals surface area contributed by atoms with Crippen molar-refractivity contribution in [2.45, 2.75) is 55.0 Å². The van der Waals surface area contributed by atoms with E-state index in [1.807, 2.05) is 4.90 Å². The number of hydrogen-bond acceptors (Lipinski definition) is 6. The van der Waals surface area contributed by atoms with Crippen LogP contribution in [0.3, 0.4) is 0 Å². The van der Waals surface area contributed by atoms with E-state index in [0.717, 1.165) is 12.1 Å². The Bertz CT molecular complexity index is 1170. The van der Waals surface area contributed by atoms with Crippen LogP contribution in [0.1, 0.15) is 48.9 Å². The smallest absolute Gasteiger partial charge is 0.264 e. The highest BCUT2D eigenvalue weighted by Gasteiger charge is 2.47. The molecule has 2 aromatic rings. The molecule has 0 atom stereocenters. The third-order valence-electron chi connectivity index (χ3n) is 7.07. The topological polar surface area (TPSA) is 88.4 Å². The monoisotopic (exact) mass is 517 g/mol. The second kappa shape index (κ2) is 9.58. The summed E-state index contributed by atoms with van der Waals surface area (Å²) >= 11 is 0. The van der Waals surface area contributed by atoms with Gasteiger partial charge in [0, 0.05) is 58.0 Å². The molecule has 0 unspecified atom stereocenters. The van der Waals surface area contributed by atoms with Gasteiger partial charge in [0.05, 0.1) is 11.8 Å². The molecule has 1 aliphatic heterocycles. The zero-order valence-corrected chi connectivity index (χ0v) is 20.1. The number of benzene rings is 1. The van der Waals surface area contributed by atoms with E-state index in [1.54, 1.807) is 7.05 Å². The molecule has 1 aromatic heterocycles. The minimum Gasteiger partial charge on any atom is -0.295 e. The molecule has 0 bridgehead atoms. The van der Waals surface area contributed by atoms with Crippen LogP contribution >= 0.6 is 0 Å². The molecule has 1 saturated carbocycles. The molecule has 1 aliphatic carbocycles. The highest BCUT2D eigenvalue weighted by molar-refractivity contribution is 7.89. The van der Waals surface area contributed by atoms with E-state index >= 15 is 0 Å². The summed E-state index contributed by atoms with van der Waals surface area (Å²) in [4.78, 5) is 14.6. The van der Waals surface area contributed by atoms with E-state index in [2.05, 4.69) is 10.3 Å². The van der Waals surface area contributed by atoms with Crippen molar-refractivity contribution in [2.75, 3.05) is 26.2 Å². The van der Waals surface area contributed by atoms with Gasteiger partial charge in [-0.25, -0.2) is 26.0 Å². The fraction of sp³-hybridized carbons (Fsp3) is 0.591. The summed E-state index contributed by atoms with van der Waals surface area (Å²) in [5.74, 6) is -5.45. The van der Waals surface area contributed by atoms with Gasteiger partial charge < -0.3 is 0 Å². The first kappa shape index (κ1) is 25.7. The van der Waals surface area contributed by atoms with Crippen molar-refractivity contribution in [2.24, 2.45) is 7.05 Å². The lowest BCUT2D eigenvalue weighted by Crippen LogP contribution is -2.59. The number of piperazine rings is 1. The molecule has 0 amide bonds. The van der Waals surface area contributed by atoms with Crippen LogP contribution in [0.2, 0.25) is 0 Å². The number of aryl methyl sites for hydroxylation is 1. The lowest BCUT2D eigenvalue weighted by atomic mass is 9.74. The molecule has 0 radical (unpaired) electrons. The molecule has 4 rings (SSSR count). The van der Waals surface area contributed by atoms with Crippen LogP contribution in [0.25, 0.3) is 0 Å². The summed E-state index contributed by atoms with van der Waals surface area (Å²) in [6.45, 7) is 0.778. The van der Waals surface area contributed by atoms with Crippen molar-refractivity contribution in [3.8, 4) is 0 Å². The number of sulfonamides is 1. The highest BCUT2D eigenvalue weighted by Crippen LogP contribution is 2.44. The summed E-state index contributed by atoms with van der Waals surface area (Å²) in [5, 5.41) is 7.18. The minimum absolute atomic E-state index is 0.101. The number of aromatic nitrogens is 3. The summed E-state index contributed by atoms with van der Waals surface area (Å²) in [6, 6.07) is 3.18. The highest BCUT2D eigenvalue weighted by atomic mass is 32.2. The van der Waals surface area contributed by atoms with E-state index in [-0.39, 0.29) is 69.7 Å². The lowest BCUT2D eigenvalue weighted by molar-refractivity contribution is -0.0891. The number of hydrogen-bond donors (Lipinski definition) is 0. The predicted octanol–water partition coefficient (Wildman–Crippen LogP) is 3.01. The van der Waals surface area contributed by atoms with Crippen LogP contribution < -0.4 is 0 Å². The quantitative estimate of drug-likeness (QED) is 0.415. The van der Waals surface area contributed by atoms with Gasteiger partial charge in [0.15, 0.2) is 5.78 Å². The van der Waals surface area contributed by atoms with Crippen molar-refractivity contribution in [1.29, 1.82) is 0 Å². The number of ketones is 1. The second-order valence-corrected chi connectivity index (χ2v) is 11.1. The van der Waals surface area contributed by atoms with E-state index in [4.69, 9.17) is 0 Å². The van der Waals surface area contributed by atoms with Crippen molar-refractivity contribution in [3.63, 3.8) is 0 Å². The molecule has 192 valence electrons. The Balaban J connectivity index is 1.49. The first-order valence-electron chi connectivity index (χ1n) is 11.4. The Morgan fingerprint density at radius 3 is 2.17 bits per heavy atom. The molecule has 2 heterocycles. The number of nitrogens with zero attached hydrogens (tertiary/aromatic N) is 5. The zero-order valence-electron chi connectivity index (χ0n) is 19.3. The first-order chi connectivity index (χ1) is 16.4. The summed E-state index contributed by atoms with van der Waals surface area (Å²) in [6.07, 6.45) is 0.711. The largest absolute Gasteiger partial charge is 0.295 e. The van der Waals surface area contributed by atoms with Crippen LogP contribution in [-0.2, 0) is 17.1 Å². The number of rotatable bonds is 7.